The maximum absolute atomic E-state index is 11.6. The zero-order chi connectivity index (χ0) is 12.4. The molecule has 1 atom stereocenters. The third kappa shape index (κ3) is 2.66. The van der Waals surface area contributed by atoms with E-state index in [4.69, 9.17) is 0 Å². The summed E-state index contributed by atoms with van der Waals surface area (Å²) in [4.78, 5) is 21.1. The number of likely N-dealkylation sites (N-methyl/N-ethyl adjacent to an activating group) is 1. The van der Waals surface area contributed by atoms with E-state index in [0.717, 1.165) is 31.2 Å². The van der Waals surface area contributed by atoms with Gasteiger partial charge in [0.05, 0.1) is 0 Å². The molecule has 5 nitrogen and oxygen atoms in total. The highest BCUT2D eigenvalue weighted by atomic mass is 16.1. The zero-order valence-electron chi connectivity index (χ0n) is 10.7. The Hall–Kier alpha value is -1.36. The zero-order valence-corrected chi connectivity index (χ0v) is 10.7. The molecule has 1 unspecified atom stereocenters. The summed E-state index contributed by atoms with van der Waals surface area (Å²) in [6, 6.07) is 2.09. The fourth-order valence-corrected chi connectivity index (χ4v) is 2.10. The van der Waals surface area contributed by atoms with Crippen LogP contribution in [0.1, 0.15) is 32.0 Å². The smallest absolute Gasteiger partial charge is 0.252 e. The SMILES string of the molecule is CNC1CCN(c2cc(=O)[nH]c(C(C)C)n2)C1. The van der Waals surface area contributed by atoms with Gasteiger partial charge >= 0.3 is 0 Å². The minimum atomic E-state index is -0.0633. The highest BCUT2D eigenvalue weighted by Gasteiger charge is 2.22. The number of nitrogens with one attached hydrogen (secondary N) is 2. The van der Waals surface area contributed by atoms with Gasteiger partial charge in [-0.1, -0.05) is 13.8 Å². The Labute approximate surface area is 101 Å². The molecule has 2 heterocycles. The van der Waals surface area contributed by atoms with Crippen molar-refractivity contribution >= 4 is 5.82 Å². The first kappa shape index (κ1) is 12.1. The molecule has 17 heavy (non-hydrogen) atoms. The number of aromatic amines is 1. The molecule has 1 saturated heterocycles. The van der Waals surface area contributed by atoms with Crippen molar-refractivity contribution in [2.75, 3.05) is 25.0 Å². The van der Waals surface area contributed by atoms with Crippen LogP contribution in [0.4, 0.5) is 5.82 Å². The summed E-state index contributed by atoms with van der Waals surface area (Å²) in [5.74, 6) is 1.81. The molecule has 2 N–H and O–H groups in total. The number of H-pyrrole nitrogens is 1. The van der Waals surface area contributed by atoms with Crippen LogP contribution in [0.5, 0.6) is 0 Å². The second-order valence-electron chi connectivity index (χ2n) is 4.86. The monoisotopic (exact) mass is 236 g/mol. The largest absolute Gasteiger partial charge is 0.355 e. The highest BCUT2D eigenvalue weighted by Crippen LogP contribution is 2.18. The van der Waals surface area contributed by atoms with Gasteiger partial charge in [-0.05, 0) is 13.5 Å². The van der Waals surface area contributed by atoms with E-state index in [-0.39, 0.29) is 11.5 Å². The van der Waals surface area contributed by atoms with E-state index in [1.54, 1.807) is 6.07 Å². The minimum absolute atomic E-state index is 0.0633. The number of nitrogens with zero attached hydrogens (tertiary/aromatic N) is 2. The van der Waals surface area contributed by atoms with Crippen molar-refractivity contribution in [3.05, 3.63) is 22.2 Å². The molecule has 5 heteroatoms. The summed E-state index contributed by atoms with van der Waals surface area (Å²) in [5.41, 5.74) is -0.0633. The van der Waals surface area contributed by atoms with Crippen molar-refractivity contribution in [3.63, 3.8) is 0 Å². The quantitative estimate of drug-likeness (QED) is 0.810. The molecule has 94 valence electrons. The summed E-state index contributed by atoms with van der Waals surface area (Å²) < 4.78 is 0. The van der Waals surface area contributed by atoms with Gasteiger partial charge < -0.3 is 15.2 Å². The van der Waals surface area contributed by atoms with Gasteiger partial charge in [0.1, 0.15) is 11.6 Å². The Morgan fingerprint density at radius 3 is 2.94 bits per heavy atom. The third-order valence-corrected chi connectivity index (χ3v) is 3.21. The molecular formula is C12H20N4O. The predicted octanol–water partition coefficient (Wildman–Crippen LogP) is 0.691. The van der Waals surface area contributed by atoms with E-state index in [1.807, 2.05) is 20.9 Å². The standard InChI is InChI=1S/C12H20N4O/c1-8(2)12-14-10(6-11(17)15-12)16-5-4-9(7-16)13-3/h6,8-9,13H,4-5,7H2,1-3H3,(H,14,15,17). The highest BCUT2D eigenvalue weighted by molar-refractivity contribution is 5.39. The van der Waals surface area contributed by atoms with Gasteiger partial charge in [-0.3, -0.25) is 4.79 Å². The molecule has 0 aliphatic carbocycles. The maximum Gasteiger partial charge on any atom is 0.252 e. The van der Waals surface area contributed by atoms with Gasteiger partial charge in [0.25, 0.3) is 5.56 Å². The number of aromatic nitrogens is 2. The minimum Gasteiger partial charge on any atom is -0.355 e. The van der Waals surface area contributed by atoms with Gasteiger partial charge in [0.15, 0.2) is 0 Å². The molecule has 0 aromatic carbocycles. The van der Waals surface area contributed by atoms with Crippen molar-refractivity contribution in [1.82, 2.24) is 15.3 Å². The molecule has 0 bridgehead atoms. The van der Waals surface area contributed by atoms with Crippen molar-refractivity contribution in [3.8, 4) is 0 Å². The van der Waals surface area contributed by atoms with Crippen LogP contribution in [0, 0.1) is 0 Å². The Bertz CT molecular complexity index is 440. The Kier molecular flexibility index (Phi) is 3.47. The lowest BCUT2D eigenvalue weighted by molar-refractivity contribution is 0.616. The summed E-state index contributed by atoms with van der Waals surface area (Å²) >= 11 is 0. The van der Waals surface area contributed by atoms with Crippen LogP contribution in [0.2, 0.25) is 0 Å². The number of hydrogen-bond acceptors (Lipinski definition) is 4. The van der Waals surface area contributed by atoms with Gasteiger partial charge in [-0.25, -0.2) is 4.98 Å². The Morgan fingerprint density at radius 2 is 2.35 bits per heavy atom. The van der Waals surface area contributed by atoms with Gasteiger partial charge in [-0.2, -0.15) is 0 Å². The normalized spacial score (nSPS) is 20.2. The summed E-state index contributed by atoms with van der Waals surface area (Å²) in [6.07, 6.45) is 1.10. The lowest BCUT2D eigenvalue weighted by atomic mass is 10.2. The lowest BCUT2D eigenvalue weighted by Crippen LogP contribution is -2.30. The number of anilines is 1. The van der Waals surface area contributed by atoms with E-state index in [2.05, 4.69) is 20.2 Å². The van der Waals surface area contributed by atoms with E-state index in [1.165, 1.54) is 0 Å². The molecule has 1 aliphatic heterocycles. The van der Waals surface area contributed by atoms with Crippen molar-refractivity contribution in [1.29, 1.82) is 0 Å². The molecule has 0 saturated carbocycles. The second kappa shape index (κ2) is 4.87. The molecule has 0 spiro atoms. The van der Waals surface area contributed by atoms with Gasteiger partial charge in [0.2, 0.25) is 0 Å². The third-order valence-electron chi connectivity index (χ3n) is 3.21. The molecule has 1 fully saturated rings. The van der Waals surface area contributed by atoms with Crippen LogP contribution >= 0.6 is 0 Å². The van der Waals surface area contributed by atoms with E-state index in [0.29, 0.717) is 6.04 Å². The van der Waals surface area contributed by atoms with Crippen LogP contribution in [-0.4, -0.2) is 36.1 Å². The maximum atomic E-state index is 11.6. The molecule has 1 aliphatic rings. The van der Waals surface area contributed by atoms with E-state index >= 15 is 0 Å². The Morgan fingerprint density at radius 1 is 1.59 bits per heavy atom. The van der Waals surface area contributed by atoms with Crippen LogP contribution in [0.15, 0.2) is 10.9 Å². The van der Waals surface area contributed by atoms with Crippen molar-refractivity contribution < 1.29 is 0 Å². The first-order valence-electron chi connectivity index (χ1n) is 6.13. The summed E-state index contributed by atoms with van der Waals surface area (Å²) in [7, 11) is 1.97. The Balaban J connectivity index is 2.24. The number of hydrogen-bond donors (Lipinski definition) is 2. The molecule has 1 aromatic rings. The van der Waals surface area contributed by atoms with Crippen molar-refractivity contribution in [2.45, 2.75) is 32.2 Å². The second-order valence-corrected chi connectivity index (χ2v) is 4.86. The van der Waals surface area contributed by atoms with Crippen LogP contribution < -0.4 is 15.8 Å². The predicted molar refractivity (Wildman–Crippen MR) is 68.6 cm³/mol. The molecule has 0 radical (unpaired) electrons. The van der Waals surface area contributed by atoms with Crippen molar-refractivity contribution in [2.24, 2.45) is 0 Å². The van der Waals surface area contributed by atoms with E-state index in [9.17, 15) is 4.79 Å². The molecule has 0 amide bonds. The first-order chi connectivity index (χ1) is 8.10. The van der Waals surface area contributed by atoms with Crippen LogP contribution in [-0.2, 0) is 0 Å². The summed E-state index contributed by atoms with van der Waals surface area (Å²) in [6.45, 7) is 5.94. The fourth-order valence-electron chi connectivity index (χ4n) is 2.10. The van der Waals surface area contributed by atoms with E-state index < -0.39 is 0 Å². The summed E-state index contributed by atoms with van der Waals surface area (Å²) in [5, 5.41) is 3.26. The fraction of sp³-hybridized carbons (Fsp3) is 0.667. The number of rotatable bonds is 3. The van der Waals surface area contributed by atoms with Gasteiger partial charge in [0, 0.05) is 31.1 Å². The average Bonchev–Trinajstić information content (AvgIpc) is 2.76. The first-order valence-corrected chi connectivity index (χ1v) is 6.13. The van der Waals surface area contributed by atoms with Crippen LogP contribution in [0.3, 0.4) is 0 Å². The molecule has 1 aromatic heterocycles. The average molecular weight is 236 g/mol. The topological polar surface area (TPSA) is 61.0 Å². The lowest BCUT2D eigenvalue weighted by Gasteiger charge is -2.18. The van der Waals surface area contributed by atoms with Gasteiger partial charge in [-0.15, -0.1) is 0 Å². The molecule has 2 rings (SSSR count). The molecular weight excluding hydrogens is 216 g/mol. The van der Waals surface area contributed by atoms with Crippen LogP contribution in [0.25, 0.3) is 0 Å².